The summed E-state index contributed by atoms with van der Waals surface area (Å²) in [6.07, 6.45) is 4.51. The number of rotatable bonds is 7. The zero-order valence-corrected chi connectivity index (χ0v) is 19.3. The number of anilines is 1. The Kier molecular flexibility index (Phi) is 8.50. The molecule has 0 radical (unpaired) electrons. The molecule has 2 aromatic carbocycles. The number of ether oxygens (including phenoxy) is 1. The number of methoxy groups -OCH3 is 1. The van der Waals surface area contributed by atoms with Crippen LogP contribution in [0.25, 0.3) is 0 Å². The van der Waals surface area contributed by atoms with Crippen LogP contribution < -0.4 is 15.4 Å². The third kappa shape index (κ3) is 6.47. The average molecular weight is 439 g/mol. The molecule has 1 heterocycles. The Balaban J connectivity index is 1.55. The molecule has 1 atom stereocenters. The SMILES string of the molecule is COc1cccc(C(CNC(=O)Nc2ccc(C(=O)N3CCCCCC3)cc2)N(C)C)c1. The number of likely N-dealkylation sites (tertiary alicyclic amines) is 1. The molecule has 3 rings (SSSR count). The lowest BCUT2D eigenvalue weighted by molar-refractivity contribution is 0.0761. The van der Waals surface area contributed by atoms with Gasteiger partial charge < -0.3 is 25.2 Å². The number of benzene rings is 2. The summed E-state index contributed by atoms with van der Waals surface area (Å²) in [4.78, 5) is 29.2. The second kappa shape index (κ2) is 11.5. The van der Waals surface area contributed by atoms with Crippen LogP contribution in [-0.4, -0.2) is 62.6 Å². The molecule has 1 aliphatic rings. The molecule has 2 N–H and O–H groups in total. The van der Waals surface area contributed by atoms with Crippen LogP contribution >= 0.6 is 0 Å². The summed E-state index contributed by atoms with van der Waals surface area (Å²) in [6, 6.07) is 14.7. The second-order valence-corrected chi connectivity index (χ2v) is 8.37. The van der Waals surface area contributed by atoms with Crippen molar-refractivity contribution >= 4 is 17.6 Å². The van der Waals surface area contributed by atoms with E-state index in [2.05, 4.69) is 15.5 Å². The minimum absolute atomic E-state index is 0.00414. The number of hydrogen-bond acceptors (Lipinski definition) is 4. The monoisotopic (exact) mass is 438 g/mol. The van der Waals surface area contributed by atoms with Crippen molar-refractivity contribution in [1.29, 1.82) is 0 Å². The van der Waals surface area contributed by atoms with Crippen LogP contribution in [0.4, 0.5) is 10.5 Å². The van der Waals surface area contributed by atoms with Crippen LogP contribution in [0.2, 0.25) is 0 Å². The first-order valence-corrected chi connectivity index (χ1v) is 11.2. The number of carbonyl (C=O) groups is 2. The quantitative estimate of drug-likeness (QED) is 0.682. The molecule has 1 unspecified atom stereocenters. The largest absolute Gasteiger partial charge is 0.497 e. The van der Waals surface area contributed by atoms with E-state index in [1.165, 1.54) is 12.8 Å². The first-order valence-electron chi connectivity index (χ1n) is 11.2. The molecule has 0 saturated carbocycles. The minimum atomic E-state index is -0.286. The maximum absolute atomic E-state index is 12.7. The number of amides is 3. The van der Waals surface area contributed by atoms with Gasteiger partial charge in [-0.3, -0.25) is 4.79 Å². The summed E-state index contributed by atoms with van der Waals surface area (Å²) in [6.45, 7) is 2.08. The number of nitrogens with one attached hydrogen (secondary N) is 2. The van der Waals surface area contributed by atoms with Gasteiger partial charge in [-0.2, -0.15) is 0 Å². The molecule has 1 fully saturated rings. The Morgan fingerprint density at radius 3 is 2.34 bits per heavy atom. The van der Waals surface area contributed by atoms with Crippen LogP contribution in [-0.2, 0) is 0 Å². The fourth-order valence-corrected chi connectivity index (χ4v) is 3.96. The maximum atomic E-state index is 12.7. The summed E-state index contributed by atoms with van der Waals surface area (Å²) in [5.41, 5.74) is 2.37. The van der Waals surface area contributed by atoms with Gasteiger partial charge in [-0.15, -0.1) is 0 Å². The Bertz CT molecular complexity index is 890. The van der Waals surface area contributed by atoms with E-state index in [1.807, 2.05) is 43.3 Å². The van der Waals surface area contributed by atoms with Gasteiger partial charge in [0.25, 0.3) is 5.91 Å². The van der Waals surface area contributed by atoms with Gasteiger partial charge in [0.05, 0.1) is 13.2 Å². The highest BCUT2D eigenvalue weighted by Crippen LogP contribution is 2.22. The summed E-state index contributed by atoms with van der Waals surface area (Å²) in [5.74, 6) is 0.851. The van der Waals surface area contributed by atoms with Gasteiger partial charge in [0.2, 0.25) is 0 Å². The molecule has 1 saturated heterocycles. The van der Waals surface area contributed by atoms with E-state index in [1.54, 1.807) is 31.4 Å². The van der Waals surface area contributed by atoms with E-state index < -0.39 is 0 Å². The Hall–Kier alpha value is -3.06. The average Bonchev–Trinajstić information content (AvgIpc) is 3.09. The highest BCUT2D eigenvalue weighted by Gasteiger charge is 2.18. The van der Waals surface area contributed by atoms with Crippen molar-refractivity contribution in [3.8, 4) is 5.75 Å². The van der Waals surface area contributed by atoms with E-state index >= 15 is 0 Å². The van der Waals surface area contributed by atoms with Crippen LogP contribution in [0.1, 0.15) is 47.6 Å². The first kappa shape index (κ1) is 23.6. The first-order chi connectivity index (χ1) is 15.5. The van der Waals surface area contributed by atoms with Gasteiger partial charge in [0, 0.05) is 30.9 Å². The topological polar surface area (TPSA) is 73.9 Å². The van der Waals surface area contributed by atoms with Crippen molar-refractivity contribution in [2.45, 2.75) is 31.7 Å². The number of likely N-dealkylation sites (N-methyl/N-ethyl adjacent to an activating group) is 1. The molecule has 3 amide bonds. The normalized spacial score (nSPS) is 15.1. The molecule has 0 bridgehead atoms. The third-order valence-corrected chi connectivity index (χ3v) is 5.84. The number of carbonyl (C=O) groups excluding carboxylic acids is 2. The standard InChI is InChI=1S/C25H34N4O3/c1-28(2)23(20-9-8-10-22(17-20)32-3)18-26-25(31)27-21-13-11-19(12-14-21)24(30)29-15-6-4-5-7-16-29/h8-14,17,23H,4-7,15-16,18H2,1-3H3,(H2,26,27,31). The van der Waals surface area contributed by atoms with Gasteiger partial charge in [-0.25, -0.2) is 4.79 Å². The van der Waals surface area contributed by atoms with E-state index in [-0.39, 0.29) is 18.0 Å². The zero-order valence-electron chi connectivity index (χ0n) is 19.3. The second-order valence-electron chi connectivity index (χ2n) is 8.37. The van der Waals surface area contributed by atoms with E-state index in [0.717, 1.165) is 37.2 Å². The van der Waals surface area contributed by atoms with Gasteiger partial charge >= 0.3 is 6.03 Å². The summed E-state index contributed by atoms with van der Waals surface area (Å²) >= 11 is 0. The van der Waals surface area contributed by atoms with Crippen molar-refractivity contribution in [2.24, 2.45) is 0 Å². The molecule has 1 aliphatic heterocycles. The molecule has 7 heteroatoms. The van der Waals surface area contributed by atoms with Gasteiger partial charge in [-0.1, -0.05) is 25.0 Å². The third-order valence-electron chi connectivity index (χ3n) is 5.84. The van der Waals surface area contributed by atoms with E-state index in [9.17, 15) is 9.59 Å². The van der Waals surface area contributed by atoms with Gasteiger partial charge in [0.1, 0.15) is 5.75 Å². The highest BCUT2D eigenvalue weighted by atomic mass is 16.5. The van der Waals surface area contributed by atoms with Crippen LogP contribution in [0.3, 0.4) is 0 Å². The molecular weight excluding hydrogens is 404 g/mol. The molecule has 0 spiro atoms. The summed E-state index contributed by atoms with van der Waals surface area (Å²) in [7, 11) is 5.59. The van der Waals surface area contributed by atoms with E-state index in [0.29, 0.717) is 17.8 Å². The highest BCUT2D eigenvalue weighted by molar-refractivity contribution is 5.95. The van der Waals surface area contributed by atoms with Gasteiger partial charge in [0.15, 0.2) is 0 Å². The van der Waals surface area contributed by atoms with Crippen molar-refractivity contribution in [1.82, 2.24) is 15.1 Å². The number of urea groups is 1. The van der Waals surface area contributed by atoms with Crippen LogP contribution in [0, 0.1) is 0 Å². The smallest absolute Gasteiger partial charge is 0.319 e. The molecule has 7 nitrogen and oxygen atoms in total. The lowest BCUT2D eigenvalue weighted by Crippen LogP contribution is -2.36. The maximum Gasteiger partial charge on any atom is 0.319 e. The Morgan fingerprint density at radius 2 is 1.72 bits per heavy atom. The van der Waals surface area contributed by atoms with Crippen molar-refractivity contribution in [3.63, 3.8) is 0 Å². The summed E-state index contributed by atoms with van der Waals surface area (Å²) in [5, 5.41) is 5.78. The molecule has 0 aromatic heterocycles. The van der Waals surface area contributed by atoms with Crippen LogP contribution in [0.15, 0.2) is 48.5 Å². The predicted molar refractivity (Wildman–Crippen MR) is 127 cm³/mol. The number of hydrogen-bond donors (Lipinski definition) is 2. The predicted octanol–water partition coefficient (Wildman–Crippen LogP) is 4.14. The van der Waals surface area contributed by atoms with Crippen LogP contribution in [0.5, 0.6) is 5.75 Å². The van der Waals surface area contributed by atoms with Crippen molar-refractivity contribution in [2.75, 3.05) is 46.2 Å². The van der Waals surface area contributed by atoms with Crippen molar-refractivity contribution < 1.29 is 14.3 Å². The van der Waals surface area contributed by atoms with Gasteiger partial charge in [-0.05, 0) is 68.9 Å². The molecular formula is C25H34N4O3. The molecule has 32 heavy (non-hydrogen) atoms. The molecule has 2 aromatic rings. The van der Waals surface area contributed by atoms with Crippen molar-refractivity contribution in [3.05, 3.63) is 59.7 Å². The molecule has 172 valence electrons. The lowest BCUT2D eigenvalue weighted by Gasteiger charge is -2.25. The Morgan fingerprint density at radius 1 is 1.03 bits per heavy atom. The molecule has 0 aliphatic carbocycles. The summed E-state index contributed by atoms with van der Waals surface area (Å²) < 4.78 is 5.32. The fraction of sp³-hybridized carbons (Fsp3) is 0.440. The number of nitrogens with zero attached hydrogens (tertiary/aromatic N) is 2. The lowest BCUT2D eigenvalue weighted by atomic mass is 10.1. The minimum Gasteiger partial charge on any atom is -0.497 e. The fourth-order valence-electron chi connectivity index (χ4n) is 3.96. The Labute approximate surface area is 190 Å². The zero-order chi connectivity index (χ0) is 22.9. The van der Waals surface area contributed by atoms with E-state index in [4.69, 9.17) is 4.74 Å².